The van der Waals surface area contributed by atoms with Crippen molar-refractivity contribution in [2.45, 2.75) is 59.6 Å². The number of benzene rings is 1. The maximum Gasteiger partial charge on any atom is 0.311 e. The van der Waals surface area contributed by atoms with Crippen LogP contribution in [0.25, 0.3) is 11.0 Å². The summed E-state index contributed by atoms with van der Waals surface area (Å²) in [7, 11) is 0. The molecular formula is C21H26N2O4. The highest BCUT2D eigenvalue weighted by molar-refractivity contribution is 5.88. The van der Waals surface area contributed by atoms with Gasteiger partial charge in [0.1, 0.15) is 11.1 Å². The normalized spacial score (nSPS) is 14.4. The number of aryl methyl sites for hydroxylation is 2. The average molecular weight is 370 g/mol. The summed E-state index contributed by atoms with van der Waals surface area (Å²) in [5.41, 5.74) is 2.63. The van der Waals surface area contributed by atoms with Crippen LogP contribution in [0.2, 0.25) is 0 Å². The zero-order valence-electron chi connectivity index (χ0n) is 16.7. The molecule has 0 aliphatic heterocycles. The van der Waals surface area contributed by atoms with Crippen molar-refractivity contribution in [1.29, 1.82) is 5.26 Å². The van der Waals surface area contributed by atoms with Gasteiger partial charge in [-0.2, -0.15) is 5.26 Å². The third kappa shape index (κ3) is 4.48. The Hall–Kier alpha value is -2.81. The summed E-state index contributed by atoms with van der Waals surface area (Å²) < 4.78 is 10.8. The van der Waals surface area contributed by atoms with Gasteiger partial charge in [0.25, 0.3) is 5.91 Å². The maximum absolute atomic E-state index is 12.3. The first-order chi connectivity index (χ1) is 12.6. The highest BCUT2D eigenvalue weighted by Gasteiger charge is 2.32. The fourth-order valence-electron chi connectivity index (χ4n) is 2.58. The van der Waals surface area contributed by atoms with E-state index in [1.165, 1.54) is 6.92 Å². The predicted molar refractivity (Wildman–Crippen MR) is 102 cm³/mol. The van der Waals surface area contributed by atoms with Crippen LogP contribution in [0.4, 0.5) is 0 Å². The van der Waals surface area contributed by atoms with E-state index in [9.17, 15) is 14.9 Å². The molecule has 2 aromatic rings. The first kappa shape index (κ1) is 20.5. The van der Waals surface area contributed by atoms with Crippen molar-refractivity contribution in [2.24, 2.45) is 5.92 Å². The number of hydrogen-bond donors (Lipinski definition) is 1. The van der Waals surface area contributed by atoms with Crippen molar-refractivity contribution in [3.8, 4) is 6.07 Å². The largest absolute Gasteiger partial charge is 0.464 e. The predicted octanol–water partition coefficient (Wildman–Crippen LogP) is 3.58. The minimum Gasteiger partial charge on any atom is -0.464 e. The second kappa shape index (κ2) is 7.83. The molecule has 1 amide bonds. The highest BCUT2D eigenvalue weighted by atomic mass is 16.5. The number of nitriles is 1. The Labute approximate surface area is 159 Å². The molecule has 0 aliphatic carbocycles. The molecule has 6 nitrogen and oxygen atoms in total. The second-order valence-corrected chi connectivity index (χ2v) is 7.46. The molecule has 0 spiro atoms. The number of furan rings is 1. The summed E-state index contributed by atoms with van der Waals surface area (Å²) in [6.07, 6.45) is 0.555. The lowest BCUT2D eigenvalue weighted by atomic mass is 9.90. The van der Waals surface area contributed by atoms with E-state index in [2.05, 4.69) is 11.4 Å². The number of nitrogens with zero attached hydrogens (tertiary/aromatic N) is 1. The molecule has 0 aliphatic rings. The molecular weight excluding hydrogens is 344 g/mol. The van der Waals surface area contributed by atoms with E-state index in [0.29, 0.717) is 5.58 Å². The minimum absolute atomic E-state index is 0.00677. The molecule has 0 bridgehead atoms. The van der Waals surface area contributed by atoms with Crippen LogP contribution < -0.4 is 5.32 Å². The summed E-state index contributed by atoms with van der Waals surface area (Å²) in [5.74, 6) is -1.11. The highest BCUT2D eigenvalue weighted by Crippen LogP contribution is 2.25. The van der Waals surface area contributed by atoms with Crippen LogP contribution in [-0.2, 0) is 20.7 Å². The van der Waals surface area contributed by atoms with Crippen molar-refractivity contribution in [2.75, 3.05) is 0 Å². The number of ether oxygens (including phenoxy) is 1. The Morgan fingerprint density at radius 3 is 2.48 bits per heavy atom. The molecule has 2 rings (SSSR count). The van der Waals surface area contributed by atoms with Crippen molar-refractivity contribution in [3.63, 3.8) is 0 Å². The van der Waals surface area contributed by atoms with Crippen LogP contribution in [0.3, 0.4) is 0 Å². The van der Waals surface area contributed by atoms with Gasteiger partial charge in [0.15, 0.2) is 6.10 Å². The van der Waals surface area contributed by atoms with E-state index in [4.69, 9.17) is 9.15 Å². The smallest absolute Gasteiger partial charge is 0.311 e. The van der Waals surface area contributed by atoms with E-state index in [-0.39, 0.29) is 12.3 Å². The van der Waals surface area contributed by atoms with E-state index in [1.807, 2.05) is 39.8 Å². The summed E-state index contributed by atoms with van der Waals surface area (Å²) in [6.45, 7) is 10.8. The van der Waals surface area contributed by atoms with Crippen LogP contribution in [0, 0.1) is 31.1 Å². The molecule has 2 atom stereocenters. The zero-order chi connectivity index (χ0) is 20.4. The summed E-state index contributed by atoms with van der Waals surface area (Å²) in [6, 6.07) is 6.01. The first-order valence-electron chi connectivity index (χ1n) is 8.97. The Kier molecular flexibility index (Phi) is 5.94. The van der Waals surface area contributed by atoms with Gasteiger partial charge in [-0.05, 0) is 56.9 Å². The molecule has 27 heavy (non-hydrogen) atoms. The quantitative estimate of drug-likeness (QED) is 0.785. The van der Waals surface area contributed by atoms with Gasteiger partial charge in [-0.15, -0.1) is 0 Å². The van der Waals surface area contributed by atoms with Crippen LogP contribution in [-0.4, -0.2) is 23.5 Å². The molecule has 1 heterocycles. The summed E-state index contributed by atoms with van der Waals surface area (Å²) >= 11 is 0. The fourth-order valence-corrected chi connectivity index (χ4v) is 2.58. The van der Waals surface area contributed by atoms with Gasteiger partial charge < -0.3 is 14.5 Å². The molecule has 2 unspecified atom stereocenters. The Morgan fingerprint density at radius 1 is 1.26 bits per heavy atom. The molecule has 144 valence electrons. The lowest BCUT2D eigenvalue weighted by Crippen LogP contribution is -2.52. The second-order valence-electron chi connectivity index (χ2n) is 7.46. The molecule has 0 saturated carbocycles. The lowest BCUT2D eigenvalue weighted by Gasteiger charge is -2.28. The van der Waals surface area contributed by atoms with Gasteiger partial charge >= 0.3 is 5.97 Å². The number of carbonyl (C=O) groups excluding carboxylic acids is 2. The minimum atomic E-state index is -1.02. The van der Waals surface area contributed by atoms with Crippen molar-refractivity contribution in [1.82, 2.24) is 5.32 Å². The SMILES string of the molecule is Cc1cc2occ(CC(=O)OC(C)C(=O)NC(C)(C#N)C(C)C)c2cc1C. The number of fused-ring (bicyclic) bond motifs is 1. The van der Waals surface area contributed by atoms with Crippen molar-refractivity contribution in [3.05, 3.63) is 35.1 Å². The topological polar surface area (TPSA) is 92.3 Å². The Bertz CT molecular complexity index is 907. The molecule has 6 heteroatoms. The molecule has 0 saturated heterocycles. The monoisotopic (exact) mass is 370 g/mol. The van der Waals surface area contributed by atoms with E-state index < -0.39 is 23.5 Å². The van der Waals surface area contributed by atoms with Crippen LogP contribution in [0.15, 0.2) is 22.8 Å². The van der Waals surface area contributed by atoms with Gasteiger partial charge in [0.05, 0.1) is 18.8 Å². The average Bonchev–Trinajstić information content (AvgIpc) is 2.96. The van der Waals surface area contributed by atoms with Gasteiger partial charge in [0.2, 0.25) is 0 Å². The van der Waals surface area contributed by atoms with E-state index >= 15 is 0 Å². The Morgan fingerprint density at radius 2 is 1.89 bits per heavy atom. The van der Waals surface area contributed by atoms with Crippen LogP contribution >= 0.6 is 0 Å². The lowest BCUT2D eigenvalue weighted by molar-refractivity contribution is -0.154. The summed E-state index contributed by atoms with van der Waals surface area (Å²) in [4.78, 5) is 24.6. The molecule has 0 fully saturated rings. The molecule has 1 N–H and O–H groups in total. The van der Waals surface area contributed by atoms with Gasteiger partial charge in [0, 0.05) is 10.9 Å². The fraction of sp³-hybridized carbons (Fsp3) is 0.476. The van der Waals surface area contributed by atoms with Crippen LogP contribution in [0.1, 0.15) is 44.4 Å². The van der Waals surface area contributed by atoms with Crippen LogP contribution in [0.5, 0.6) is 0 Å². The Balaban J connectivity index is 2.04. The molecule has 1 aromatic carbocycles. The first-order valence-corrected chi connectivity index (χ1v) is 8.97. The van der Waals surface area contributed by atoms with Gasteiger partial charge in [-0.25, -0.2) is 0 Å². The van der Waals surface area contributed by atoms with E-state index in [1.54, 1.807) is 13.2 Å². The van der Waals surface area contributed by atoms with Gasteiger partial charge in [-0.3, -0.25) is 9.59 Å². The third-order valence-electron chi connectivity index (χ3n) is 5.05. The number of esters is 1. The number of amides is 1. The third-order valence-corrected chi connectivity index (χ3v) is 5.05. The summed E-state index contributed by atoms with van der Waals surface area (Å²) in [5, 5.41) is 12.8. The molecule has 1 aromatic heterocycles. The van der Waals surface area contributed by atoms with Crippen molar-refractivity contribution < 1.29 is 18.7 Å². The number of carbonyl (C=O) groups is 2. The van der Waals surface area contributed by atoms with Crippen molar-refractivity contribution >= 4 is 22.8 Å². The van der Waals surface area contributed by atoms with Gasteiger partial charge in [-0.1, -0.05) is 13.8 Å². The number of rotatable bonds is 6. The number of hydrogen-bond acceptors (Lipinski definition) is 5. The van der Waals surface area contributed by atoms with E-state index in [0.717, 1.165) is 22.1 Å². The maximum atomic E-state index is 12.3. The molecule has 0 radical (unpaired) electrons. The standard InChI is InChI=1S/C21H26N2O4/c1-12(2)21(6,11-22)23-20(25)15(5)27-19(24)9-16-10-26-18-8-14(4)13(3)7-17(16)18/h7-8,10,12,15H,9H2,1-6H3,(H,23,25). The number of nitrogens with one attached hydrogen (secondary N) is 1. The zero-order valence-corrected chi connectivity index (χ0v) is 16.7.